The highest BCUT2D eigenvalue weighted by molar-refractivity contribution is 9.10. The van der Waals surface area contributed by atoms with Crippen LogP contribution in [0.15, 0.2) is 22.7 Å². The van der Waals surface area contributed by atoms with E-state index in [4.69, 9.17) is 5.73 Å². The van der Waals surface area contributed by atoms with Crippen LogP contribution < -0.4 is 5.73 Å². The van der Waals surface area contributed by atoms with Crippen LogP contribution in [0.5, 0.6) is 0 Å². The maximum Gasteiger partial charge on any atom is 0.284 e. The highest BCUT2D eigenvalue weighted by atomic mass is 79.9. The maximum atomic E-state index is 12.2. The van der Waals surface area contributed by atoms with Crippen LogP contribution in [-0.4, -0.2) is 34.7 Å². The number of benzene rings is 1. The fourth-order valence-electron chi connectivity index (χ4n) is 1.51. The van der Waals surface area contributed by atoms with Crippen LogP contribution in [0.4, 0.5) is 5.69 Å². The van der Waals surface area contributed by atoms with Crippen molar-refractivity contribution >= 4 is 33.4 Å². The Hall–Kier alpha value is -1.96. The zero-order valence-electron chi connectivity index (χ0n) is 10.1. The van der Waals surface area contributed by atoms with Crippen molar-refractivity contribution in [2.24, 2.45) is 5.73 Å². The summed E-state index contributed by atoms with van der Waals surface area (Å²) in [7, 11) is 0. The van der Waals surface area contributed by atoms with Gasteiger partial charge in [0.1, 0.15) is 4.47 Å². The molecule has 0 fully saturated rings. The van der Waals surface area contributed by atoms with Crippen molar-refractivity contribution in [3.63, 3.8) is 0 Å². The zero-order valence-corrected chi connectivity index (χ0v) is 11.7. The molecule has 0 heterocycles. The highest BCUT2D eigenvalue weighted by Crippen LogP contribution is 2.29. The third-order valence-corrected chi connectivity index (χ3v) is 3.25. The first-order valence-corrected chi connectivity index (χ1v) is 6.18. The standard InChI is InChI=1S/C11H12BrN3O4/c1-2-14(6-9(13)16)11(17)7-4-3-5-8(10(7)12)15(18)19/h3-5H,2,6H2,1H3,(H2,13,16). The Labute approximate surface area is 117 Å². The molecule has 0 unspecified atom stereocenters. The molecule has 0 saturated heterocycles. The smallest absolute Gasteiger partial charge is 0.284 e. The number of nitro groups is 1. The average Bonchev–Trinajstić information content (AvgIpc) is 2.34. The highest BCUT2D eigenvalue weighted by Gasteiger charge is 2.23. The van der Waals surface area contributed by atoms with E-state index in [2.05, 4.69) is 15.9 Å². The summed E-state index contributed by atoms with van der Waals surface area (Å²) in [4.78, 5) is 34.5. The molecule has 2 amide bonds. The fourth-order valence-corrected chi connectivity index (χ4v) is 2.09. The van der Waals surface area contributed by atoms with E-state index in [1.807, 2.05) is 0 Å². The van der Waals surface area contributed by atoms with Gasteiger partial charge in [-0.15, -0.1) is 0 Å². The number of halogens is 1. The quantitative estimate of drug-likeness (QED) is 0.649. The summed E-state index contributed by atoms with van der Waals surface area (Å²) < 4.78 is 0.0907. The second-order valence-corrected chi connectivity index (χ2v) is 4.47. The van der Waals surface area contributed by atoms with Gasteiger partial charge in [-0.3, -0.25) is 19.7 Å². The number of nitrogens with two attached hydrogens (primary N) is 1. The number of amides is 2. The van der Waals surface area contributed by atoms with E-state index < -0.39 is 16.7 Å². The van der Waals surface area contributed by atoms with Crippen molar-refractivity contribution in [2.45, 2.75) is 6.92 Å². The molecular formula is C11H12BrN3O4. The third-order valence-electron chi connectivity index (χ3n) is 2.42. The van der Waals surface area contributed by atoms with Crippen LogP contribution in [0.2, 0.25) is 0 Å². The van der Waals surface area contributed by atoms with Gasteiger partial charge in [-0.1, -0.05) is 6.07 Å². The second-order valence-electron chi connectivity index (χ2n) is 3.68. The lowest BCUT2D eigenvalue weighted by atomic mass is 10.1. The maximum absolute atomic E-state index is 12.2. The SMILES string of the molecule is CCN(CC(N)=O)C(=O)c1cccc([N+](=O)[O-])c1Br. The molecule has 0 bridgehead atoms. The van der Waals surface area contributed by atoms with Crippen molar-refractivity contribution in [3.8, 4) is 0 Å². The topological polar surface area (TPSA) is 107 Å². The Morgan fingerprint density at radius 3 is 2.58 bits per heavy atom. The summed E-state index contributed by atoms with van der Waals surface area (Å²) in [6.07, 6.45) is 0. The summed E-state index contributed by atoms with van der Waals surface area (Å²) in [5.74, 6) is -1.13. The molecule has 0 spiro atoms. The van der Waals surface area contributed by atoms with Gasteiger partial charge < -0.3 is 10.6 Å². The Bertz CT molecular complexity index is 533. The lowest BCUT2D eigenvalue weighted by molar-refractivity contribution is -0.385. The molecule has 1 aromatic carbocycles. The predicted octanol–water partition coefficient (Wildman–Crippen LogP) is 1.30. The number of hydrogen-bond donors (Lipinski definition) is 1. The average molecular weight is 330 g/mol. The number of carbonyl (C=O) groups is 2. The molecule has 0 aliphatic carbocycles. The van der Waals surface area contributed by atoms with E-state index in [9.17, 15) is 19.7 Å². The van der Waals surface area contributed by atoms with Gasteiger partial charge >= 0.3 is 0 Å². The first-order chi connectivity index (χ1) is 8.88. The molecule has 1 rings (SSSR count). The van der Waals surface area contributed by atoms with Crippen molar-refractivity contribution in [3.05, 3.63) is 38.3 Å². The summed E-state index contributed by atoms with van der Waals surface area (Å²) in [6, 6.07) is 4.14. The number of rotatable bonds is 5. The number of carbonyl (C=O) groups excluding carboxylic acids is 2. The van der Waals surface area contributed by atoms with Crippen LogP contribution in [-0.2, 0) is 4.79 Å². The number of nitrogens with zero attached hydrogens (tertiary/aromatic N) is 2. The van der Waals surface area contributed by atoms with Crippen LogP contribution >= 0.6 is 15.9 Å². The number of hydrogen-bond acceptors (Lipinski definition) is 4. The normalized spacial score (nSPS) is 10.0. The van der Waals surface area contributed by atoms with E-state index >= 15 is 0 Å². The lowest BCUT2D eigenvalue weighted by Crippen LogP contribution is -2.38. The summed E-state index contributed by atoms with van der Waals surface area (Å²) in [6.45, 7) is 1.73. The number of nitro benzene ring substituents is 1. The van der Waals surface area contributed by atoms with Crippen molar-refractivity contribution in [1.29, 1.82) is 0 Å². The molecule has 8 heteroatoms. The van der Waals surface area contributed by atoms with Crippen LogP contribution in [0, 0.1) is 10.1 Å². The molecule has 0 saturated carbocycles. The monoisotopic (exact) mass is 329 g/mol. The summed E-state index contributed by atoms with van der Waals surface area (Å²) in [5, 5.41) is 10.8. The van der Waals surface area contributed by atoms with Gasteiger partial charge in [0.2, 0.25) is 5.91 Å². The van der Waals surface area contributed by atoms with E-state index in [0.29, 0.717) is 0 Å². The first-order valence-electron chi connectivity index (χ1n) is 5.39. The van der Waals surface area contributed by atoms with Gasteiger partial charge in [-0.2, -0.15) is 0 Å². The third kappa shape index (κ3) is 3.50. The van der Waals surface area contributed by atoms with Crippen LogP contribution in [0.3, 0.4) is 0 Å². The Kier molecular flexibility index (Phi) is 4.99. The van der Waals surface area contributed by atoms with Crippen molar-refractivity contribution in [2.75, 3.05) is 13.1 Å². The predicted molar refractivity (Wildman–Crippen MR) is 71.6 cm³/mol. The second kappa shape index (κ2) is 6.28. The minimum atomic E-state index is -0.642. The van der Waals surface area contributed by atoms with Gasteiger partial charge in [-0.05, 0) is 28.9 Å². The minimum absolute atomic E-state index is 0.0907. The van der Waals surface area contributed by atoms with Gasteiger partial charge in [0.25, 0.3) is 11.6 Å². The molecule has 19 heavy (non-hydrogen) atoms. The van der Waals surface area contributed by atoms with Gasteiger partial charge in [0.15, 0.2) is 0 Å². The van der Waals surface area contributed by atoms with Crippen LogP contribution in [0.25, 0.3) is 0 Å². The lowest BCUT2D eigenvalue weighted by Gasteiger charge is -2.19. The molecule has 0 aliphatic rings. The van der Waals surface area contributed by atoms with E-state index in [1.165, 1.54) is 23.1 Å². The van der Waals surface area contributed by atoms with Gasteiger partial charge in [-0.25, -0.2) is 0 Å². The first kappa shape index (κ1) is 15.1. The molecule has 0 aromatic heterocycles. The Morgan fingerprint density at radius 2 is 2.11 bits per heavy atom. The molecule has 0 aliphatic heterocycles. The number of likely N-dealkylation sites (N-methyl/N-ethyl adjacent to an activating group) is 1. The molecule has 102 valence electrons. The number of primary amides is 1. The summed E-state index contributed by atoms with van der Waals surface area (Å²) in [5.41, 5.74) is 4.96. The van der Waals surface area contributed by atoms with E-state index in [-0.39, 0.29) is 28.8 Å². The van der Waals surface area contributed by atoms with E-state index in [1.54, 1.807) is 6.92 Å². The van der Waals surface area contributed by atoms with Crippen molar-refractivity contribution < 1.29 is 14.5 Å². The van der Waals surface area contributed by atoms with Gasteiger partial charge in [0.05, 0.1) is 17.0 Å². The van der Waals surface area contributed by atoms with Crippen molar-refractivity contribution in [1.82, 2.24) is 4.90 Å². The Balaban J connectivity index is 3.15. The molecule has 0 atom stereocenters. The van der Waals surface area contributed by atoms with Crippen LogP contribution in [0.1, 0.15) is 17.3 Å². The Morgan fingerprint density at radius 1 is 1.47 bits per heavy atom. The van der Waals surface area contributed by atoms with Gasteiger partial charge in [0, 0.05) is 12.6 Å². The minimum Gasteiger partial charge on any atom is -0.368 e. The molecule has 2 N–H and O–H groups in total. The zero-order chi connectivity index (χ0) is 14.6. The summed E-state index contributed by atoms with van der Waals surface area (Å²) >= 11 is 3.04. The fraction of sp³-hybridized carbons (Fsp3) is 0.273. The molecule has 1 aromatic rings. The van der Waals surface area contributed by atoms with E-state index in [0.717, 1.165) is 0 Å². The molecule has 7 nitrogen and oxygen atoms in total. The largest absolute Gasteiger partial charge is 0.368 e. The molecule has 0 radical (unpaired) electrons. The molecular weight excluding hydrogens is 318 g/mol.